The van der Waals surface area contributed by atoms with Crippen molar-refractivity contribution in [2.45, 2.75) is 19.4 Å². The number of allylic oxidation sites excluding steroid dienone is 1. The van der Waals surface area contributed by atoms with Crippen LogP contribution in [0, 0.1) is 0 Å². The monoisotopic (exact) mass is 261 g/mol. The fraction of sp³-hybridized carbons (Fsp3) is 0.231. The topological polar surface area (TPSA) is 16.5 Å². The van der Waals surface area contributed by atoms with E-state index in [1.54, 1.807) is 0 Å². The zero-order valence-electron chi connectivity index (χ0n) is 9.70. The van der Waals surface area contributed by atoms with Crippen molar-refractivity contribution in [1.29, 1.82) is 0 Å². The van der Waals surface area contributed by atoms with Gasteiger partial charge in [-0.15, -0.1) is 0 Å². The molecule has 3 rings (SSSR count). The van der Waals surface area contributed by atoms with Gasteiger partial charge in [0, 0.05) is 6.07 Å². The van der Waals surface area contributed by atoms with Gasteiger partial charge in [-0.1, -0.05) is 36.6 Å². The van der Waals surface area contributed by atoms with Crippen LogP contribution in [0.5, 0.6) is 0 Å². The predicted octanol–water partition coefficient (Wildman–Crippen LogP) is 2.00. The number of hydrogen-bond donors (Lipinski definition) is 2. The van der Waals surface area contributed by atoms with Crippen molar-refractivity contribution < 1.29 is 4.90 Å². The first-order chi connectivity index (χ1) is 8.03. The third kappa shape index (κ3) is 1.35. The van der Waals surface area contributed by atoms with E-state index in [4.69, 9.17) is 24.4 Å². The summed E-state index contributed by atoms with van der Waals surface area (Å²) in [6, 6.07) is 8.29. The molecular weight excluding hydrogens is 248 g/mol. The Labute approximate surface area is 111 Å². The normalized spacial score (nSPS) is 24.8. The highest BCUT2D eigenvalue weighted by Gasteiger charge is 2.52. The second kappa shape index (κ2) is 3.45. The first-order valence-corrected chi connectivity index (χ1v) is 6.38. The van der Waals surface area contributed by atoms with Gasteiger partial charge in [0.15, 0.2) is 11.4 Å². The molecule has 0 amide bonds. The average molecular weight is 261 g/mol. The van der Waals surface area contributed by atoms with Gasteiger partial charge in [-0.25, -0.2) is 0 Å². The van der Waals surface area contributed by atoms with E-state index in [2.05, 4.69) is 37.4 Å². The molecule has 0 radical (unpaired) electrons. The molecule has 1 atom stereocenters. The van der Waals surface area contributed by atoms with E-state index >= 15 is 0 Å². The van der Waals surface area contributed by atoms with Gasteiger partial charge in [-0.3, -0.25) is 4.90 Å². The van der Waals surface area contributed by atoms with Crippen LogP contribution in [0.2, 0.25) is 0 Å². The Morgan fingerprint density at radius 2 is 1.88 bits per heavy atom. The van der Waals surface area contributed by atoms with Crippen LogP contribution in [0.4, 0.5) is 11.4 Å². The number of hydrogen-bond acceptors (Lipinski definition) is 3. The van der Waals surface area contributed by atoms with Crippen LogP contribution < -0.4 is 10.2 Å². The van der Waals surface area contributed by atoms with E-state index in [-0.39, 0.29) is 5.54 Å². The third-order valence-corrected chi connectivity index (χ3v) is 4.75. The number of anilines is 1. The van der Waals surface area contributed by atoms with Gasteiger partial charge in [-0.2, -0.15) is 0 Å². The molecule has 0 spiro atoms. The average Bonchev–Trinajstić information content (AvgIpc) is 2.51. The standard InChI is InChI=1S/C13H12N2S2/c1-13(2)12(17)11(16)10-7-14-8-5-3-4-6-9(8)15(10)13/h3-7,14H,1-2H3/p+1. The van der Waals surface area contributed by atoms with Gasteiger partial charge in [0.05, 0.1) is 11.1 Å². The first-order valence-electron chi connectivity index (χ1n) is 5.56. The van der Waals surface area contributed by atoms with Gasteiger partial charge in [0.1, 0.15) is 16.1 Å². The van der Waals surface area contributed by atoms with Crippen LogP contribution >= 0.6 is 24.4 Å². The van der Waals surface area contributed by atoms with Crippen molar-refractivity contribution in [3.63, 3.8) is 0 Å². The number of rotatable bonds is 0. The molecule has 2 N–H and O–H groups in total. The molecule has 1 saturated heterocycles. The molecule has 2 nitrogen and oxygen atoms in total. The Kier molecular flexibility index (Phi) is 2.23. The molecule has 1 fully saturated rings. The number of nitrogens with one attached hydrogen (secondary N) is 2. The lowest BCUT2D eigenvalue weighted by Crippen LogP contribution is -3.12. The van der Waals surface area contributed by atoms with E-state index in [1.807, 2.05) is 12.3 Å². The van der Waals surface area contributed by atoms with E-state index in [0.717, 1.165) is 21.1 Å². The number of benzene rings is 1. The van der Waals surface area contributed by atoms with E-state index in [0.29, 0.717) is 0 Å². The summed E-state index contributed by atoms with van der Waals surface area (Å²) < 4.78 is 0. The minimum absolute atomic E-state index is 0.142. The SMILES string of the molecule is CC1(C)C(=S)C(=S)C2=CNc3ccccc3[NH+]21. The summed E-state index contributed by atoms with van der Waals surface area (Å²) in [4.78, 5) is 2.97. The Bertz CT molecular complexity index is 573. The van der Waals surface area contributed by atoms with Crippen LogP contribution in [0.3, 0.4) is 0 Å². The summed E-state index contributed by atoms with van der Waals surface area (Å²) in [5.74, 6) is 0. The molecule has 0 bridgehead atoms. The largest absolute Gasteiger partial charge is 0.352 e. The fourth-order valence-corrected chi connectivity index (χ4v) is 3.19. The van der Waals surface area contributed by atoms with Crippen LogP contribution in [-0.2, 0) is 0 Å². The molecule has 0 saturated carbocycles. The van der Waals surface area contributed by atoms with E-state index in [1.165, 1.54) is 10.6 Å². The maximum atomic E-state index is 5.49. The summed E-state index contributed by atoms with van der Waals surface area (Å²) in [5.41, 5.74) is 3.30. The lowest BCUT2D eigenvalue weighted by atomic mass is 10.0. The summed E-state index contributed by atoms with van der Waals surface area (Å²) >= 11 is 10.9. The fourth-order valence-electron chi connectivity index (χ4n) is 2.57. The molecule has 2 heterocycles. The third-order valence-electron chi connectivity index (χ3n) is 3.48. The Hall–Kier alpha value is -1.10. The molecule has 17 heavy (non-hydrogen) atoms. The van der Waals surface area contributed by atoms with Crippen molar-refractivity contribution in [2.24, 2.45) is 0 Å². The molecule has 1 aromatic carbocycles. The van der Waals surface area contributed by atoms with Crippen molar-refractivity contribution in [1.82, 2.24) is 0 Å². The molecule has 2 aliphatic heterocycles. The molecule has 4 heteroatoms. The number of fused-ring (bicyclic) bond motifs is 3. The maximum Gasteiger partial charge on any atom is 0.172 e. The van der Waals surface area contributed by atoms with Crippen molar-refractivity contribution >= 4 is 45.5 Å². The van der Waals surface area contributed by atoms with Gasteiger partial charge >= 0.3 is 0 Å². The van der Waals surface area contributed by atoms with Crippen molar-refractivity contribution in [2.75, 3.05) is 5.32 Å². The van der Waals surface area contributed by atoms with Crippen LogP contribution in [0.15, 0.2) is 36.2 Å². The second-order valence-corrected chi connectivity index (χ2v) is 5.72. The summed E-state index contributed by atoms with van der Waals surface area (Å²) in [5, 5.41) is 3.29. The summed E-state index contributed by atoms with van der Waals surface area (Å²) in [6.07, 6.45) is 1.99. The van der Waals surface area contributed by atoms with Crippen LogP contribution in [0.25, 0.3) is 0 Å². The van der Waals surface area contributed by atoms with Gasteiger partial charge in [-0.05, 0) is 19.9 Å². The minimum Gasteiger partial charge on any atom is -0.352 e. The highest BCUT2D eigenvalue weighted by atomic mass is 32.1. The van der Waals surface area contributed by atoms with Crippen LogP contribution in [0.1, 0.15) is 13.8 Å². The van der Waals surface area contributed by atoms with Gasteiger partial charge < -0.3 is 5.32 Å². The quantitative estimate of drug-likeness (QED) is 0.696. The smallest absolute Gasteiger partial charge is 0.172 e. The highest BCUT2D eigenvalue weighted by Crippen LogP contribution is 2.28. The van der Waals surface area contributed by atoms with Gasteiger partial charge in [0.2, 0.25) is 0 Å². The van der Waals surface area contributed by atoms with Crippen LogP contribution in [-0.4, -0.2) is 15.3 Å². The summed E-state index contributed by atoms with van der Waals surface area (Å²) in [7, 11) is 0. The van der Waals surface area contributed by atoms with Crippen molar-refractivity contribution in [3.8, 4) is 0 Å². The highest BCUT2D eigenvalue weighted by molar-refractivity contribution is 7.90. The Balaban J connectivity index is 2.25. The number of quaternary nitrogens is 1. The molecular formula is C13H13N2S2+. The molecule has 0 aliphatic carbocycles. The molecule has 1 aromatic rings. The Morgan fingerprint density at radius 3 is 2.65 bits per heavy atom. The minimum atomic E-state index is -0.142. The van der Waals surface area contributed by atoms with E-state index < -0.39 is 0 Å². The summed E-state index contributed by atoms with van der Waals surface area (Å²) in [6.45, 7) is 4.31. The number of para-hydroxylation sites is 2. The van der Waals surface area contributed by atoms with E-state index in [9.17, 15) is 0 Å². The molecule has 0 aromatic heterocycles. The predicted molar refractivity (Wildman–Crippen MR) is 78.0 cm³/mol. The molecule has 1 unspecified atom stereocenters. The zero-order valence-corrected chi connectivity index (χ0v) is 11.3. The molecule has 86 valence electrons. The van der Waals surface area contributed by atoms with Crippen molar-refractivity contribution in [3.05, 3.63) is 36.2 Å². The zero-order chi connectivity index (χ0) is 12.2. The number of thiocarbonyl (C=S) groups is 2. The van der Waals surface area contributed by atoms with Gasteiger partial charge in [0.25, 0.3) is 0 Å². The second-order valence-electron chi connectivity index (χ2n) is 4.91. The maximum absolute atomic E-state index is 5.49. The lowest BCUT2D eigenvalue weighted by molar-refractivity contribution is -0.822. The first kappa shape index (κ1) is 11.0. The molecule has 2 aliphatic rings. The lowest BCUT2D eigenvalue weighted by Gasteiger charge is -2.30. The Morgan fingerprint density at radius 1 is 1.18 bits per heavy atom.